The van der Waals surface area contributed by atoms with Gasteiger partial charge in [-0.25, -0.2) is 0 Å². The van der Waals surface area contributed by atoms with E-state index < -0.39 is 6.36 Å². The van der Waals surface area contributed by atoms with Crippen LogP contribution in [0.3, 0.4) is 0 Å². The summed E-state index contributed by atoms with van der Waals surface area (Å²) in [6, 6.07) is 5.86. The second-order valence-electron chi connectivity index (χ2n) is 5.57. The van der Waals surface area contributed by atoms with Crippen LogP contribution in [0, 0.1) is 5.92 Å². The van der Waals surface area contributed by atoms with Crippen molar-refractivity contribution in [3.63, 3.8) is 0 Å². The number of alkyl halides is 3. The Hall–Kier alpha value is -1.27. The Bertz CT molecular complexity index is 445. The maximum absolute atomic E-state index is 12.2. The van der Waals surface area contributed by atoms with E-state index in [2.05, 4.69) is 10.2 Å². The molecule has 21 heavy (non-hydrogen) atoms. The molecule has 1 saturated carbocycles. The summed E-state index contributed by atoms with van der Waals surface area (Å²) in [5.41, 5.74) is 3.42. The van der Waals surface area contributed by atoms with Crippen molar-refractivity contribution in [3.8, 4) is 5.75 Å². The number of rotatable bonds is 6. The van der Waals surface area contributed by atoms with Gasteiger partial charge in [0.15, 0.2) is 0 Å². The van der Waals surface area contributed by atoms with Gasteiger partial charge in [-0.15, -0.1) is 13.2 Å². The molecule has 0 saturated heterocycles. The first-order valence-corrected chi connectivity index (χ1v) is 7.30. The van der Waals surface area contributed by atoms with Crippen molar-refractivity contribution in [1.29, 1.82) is 0 Å². The summed E-state index contributed by atoms with van der Waals surface area (Å²) in [5.74, 6) is 6.06. The number of hydrazine groups is 1. The second kappa shape index (κ2) is 7.13. The summed E-state index contributed by atoms with van der Waals surface area (Å²) < 4.78 is 40.7. The zero-order chi connectivity index (χ0) is 15.3. The van der Waals surface area contributed by atoms with Crippen molar-refractivity contribution in [3.05, 3.63) is 29.8 Å². The maximum Gasteiger partial charge on any atom is 0.573 e. The molecule has 0 radical (unpaired) electrons. The highest BCUT2D eigenvalue weighted by Gasteiger charge is 2.31. The molecule has 1 aliphatic carbocycles. The van der Waals surface area contributed by atoms with Gasteiger partial charge < -0.3 is 4.74 Å². The Morgan fingerprint density at radius 2 is 2.00 bits per heavy atom. The average molecular weight is 302 g/mol. The fourth-order valence-corrected chi connectivity index (χ4v) is 2.98. The Morgan fingerprint density at radius 1 is 1.29 bits per heavy atom. The van der Waals surface area contributed by atoms with Gasteiger partial charge in [0.05, 0.1) is 0 Å². The first-order chi connectivity index (χ1) is 9.98. The van der Waals surface area contributed by atoms with Crippen LogP contribution in [0.2, 0.25) is 0 Å². The van der Waals surface area contributed by atoms with Crippen LogP contribution in [0.5, 0.6) is 5.75 Å². The monoisotopic (exact) mass is 302 g/mol. The minimum atomic E-state index is -4.67. The number of nitrogens with two attached hydrogens (primary N) is 1. The van der Waals surface area contributed by atoms with Crippen molar-refractivity contribution in [1.82, 2.24) is 5.43 Å². The smallest absolute Gasteiger partial charge is 0.406 e. The maximum atomic E-state index is 12.2. The first-order valence-electron chi connectivity index (χ1n) is 7.30. The molecule has 0 aromatic heterocycles. The molecule has 2 rings (SSSR count). The molecule has 1 aromatic carbocycles. The second-order valence-corrected chi connectivity index (χ2v) is 5.57. The molecule has 0 aliphatic heterocycles. The van der Waals surface area contributed by atoms with E-state index in [0.29, 0.717) is 0 Å². The molecule has 0 spiro atoms. The van der Waals surface area contributed by atoms with Gasteiger partial charge in [0, 0.05) is 6.04 Å². The van der Waals surface area contributed by atoms with Crippen molar-refractivity contribution < 1.29 is 17.9 Å². The molecule has 1 unspecified atom stereocenters. The van der Waals surface area contributed by atoms with Gasteiger partial charge in [-0.1, -0.05) is 37.8 Å². The standard InChI is InChI=1S/C15H21F3N2O/c16-15(17,18)21-13-7-3-6-12(10-13)14(20-19)9-8-11-4-1-2-5-11/h3,6-7,10-11,14,20H,1-2,4-5,8-9,19H2. The van der Waals surface area contributed by atoms with Crippen molar-refractivity contribution >= 4 is 0 Å². The third-order valence-electron chi connectivity index (χ3n) is 4.03. The zero-order valence-corrected chi connectivity index (χ0v) is 11.8. The molecule has 0 bridgehead atoms. The third kappa shape index (κ3) is 5.21. The summed E-state index contributed by atoms with van der Waals surface area (Å²) >= 11 is 0. The molecule has 0 heterocycles. The van der Waals surface area contributed by atoms with E-state index in [1.807, 2.05) is 0 Å². The highest BCUT2D eigenvalue weighted by atomic mass is 19.4. The van der Waals surface area contributed by atoms with Gasteiger partial charge in [0.1, 0.15) is 5.75 Å². The Kier molecular flexibility index (Phi) is 5.47. The van der Waals surface area contributed by atoms with Crippen molar-refractivity contribution in [2.45, 2.75) is 50.9 Å². The highest BCUT2D eigenvalue weighted by Crippen LogP contribution is 2.32. The number of hydrogen-bond acceptors (Lipinski definition) is 3. The number of ether oxygens (including phenoxy) is 1. The van der Waals surface area contributed by atoms with Crippen LogP contribution in [0.15, 0.2) is 24.3 Å². The van der Waals surface area contributed by atoms with Crippen LogP contribution in [0.25, 0.3) is 0 Å². The van der Waals surface area contributed by atoms with E-state index >= 15 is 0 Å². The molecular formula is C15H21F3N2O. The van der Waals surface area contributed by atoms with Crippen LogP contribution >= 0.6 is 0 Å². The molecule has 1 aliphatic rings. The van der Waals surface area contributed by atoms with E-state index in [1.54, 1.807) is 12.1 Å². The first kappa shape index (κ1) is 16.1. The molecule has 1 aromatic rings. The number of benzene rings is 1. The largest absolute Gasteiger partial charge is 0.573 e. The Balaban J connectivity index is 1.98. The van der Waals surface area contributed by atoms with Crippen LogP contribution < -0.4 is 16.0 Å². The predicted molar refractivity (Wildman–Crippen MR) is 74.4 cm³/mol. The molecule has 3 N–H and O–H groups in total. The highest BCUT2D eigenvalue weighted by molar-refractivity contribution is 5.30. The van der Waals surface area contributed by atoms with Gasteiger partial charge in [-0.2, -0.15) is 0 Å². The summed E-state index contributed by atoms with van der Waals surface area (Å²) in [4.78, 5) is 0. The molecule has 6 heteroatoms. The van der Waals surface area contributed by atoms with E-state index in [0.717, 1.165) is 24.3 Å². The van der Waals surface area contributed by atoms with Crippen LogP contribution in [0.4, 0.5) is 13.2 Å². The van der Waals surface area contributed by atoms with E-state index in [1.165, 1.54) is 37.8 Å². The number of hydrogen-bond donors (Lipinski definition) is 2. The van der Waals surface area contributed by atoms with Crippen LogP contribution in [0.1, 0.15) is 50.1 Å². The van der Waals surface area contributed by atoms with Gasteiger partial charge >= 0.3 is 6.36 Å². The minimum Gasteiger partial charge on any atom is -0.406 e. The number of nitrogens with one attached hydrogen (secondary N) is 1. The number of halogens is 3. The molecule has 1 atom stereocenters. The topological polar surface area (TPSA) is 47.3 Å². The van der Waals surface area contributed by atoms with Crippen LogP contribution in [-0.4, -0.2) is 6.36 Å². The fraction of sp³-hybridized carbons (Fsp3) is 0.600. The molecule has 1 fully saturated rings. The molecule has 118 valence electrons. The molecule has 0 amide bonds. The average Bonchev–Trinajstić information content (AvgIpc) is 2.91. The summed E-state index contributed by atoms with van der Waals surface area (Å²) in [5, 5.41) is 0. The summed E-state index contributed by atoms with van der Waals surface area (Å²) in [6.45, 7) is 0. The van der Waals surface area contributed by atoms with Gasteiger partial charge in [0.2, 0.25) is 0 Å². The zero-order valence-electron chi connectivity index (χ0n) is 11.8. The van der Waals surface area contributed by atoms with Crippen molar-refractivity contribution in [2.75, 3.05) is 0 Å². The lowest BCUT2D eigenvalue weighted by atomic mass is 9.95. The third-order valence-corrected chi connectivity index (χ3v) is 4.03. The van der Waals surface area contributed by atoms with E-state index in [9.17, 15) is 13.2 Å². The summed E-state index contributed by atoms with van der Waals surface area (Å²) in [6.07, 6.45) is 2.23. The SMILES string of the molecule is NNC(CCC1CCCC1)c1cccc(OC(F)(F)F)c1. The lowest BCUT2D eigenvalue weighted by molar-refractivity contribution is -0.274. The Morgan fingerprint density at radius 3 is 2.62 bits per heavy atom. The van der Waals surface area contributed by atoms with Gasteiger partial charge in [0.25, 0.3) is 0 Å². The lowest BCUT2D eigenvalue weighted by Crippen LogP contribution is -2.28. The Labute approximate surface area is 122 Å². The van der Waals surface area contributed by atoms with E-state index in [4.69, 9.17) is 5.84 Å². The fourth-order valence-electron chi connectivity index (χ4n) is 2.98. The van der Waals surface area contributed by atoms with Gasteiger partial charge in [-0.3, -0.25) is 11.3 Å². The minimum absolute atomic E-state index is 0.151. The van der Waals surface area contributed by atoms with Crippen molar-refractivity contribution in [2.24, 2.45) is 11.8 Å². The van der Waals surface area contributed by atoms with Crippen LogP contribution in [-0.2, 0) is 0 Å². The normalized spacial score (nSPS) is 17.9. The van der Waals surface area contributed by atoms with Gasteiger partial charge in [-0.05, 0) is 36.5 Å². The van der Waals surface area contributed by atoms with E-state index in [-0.39, 0.29) is 11.8 Å². The predicted octanol–water partition coefficient (Wildman–Crippen LogP) is 4.06. The lowest BCUT2D eigenvalue weighted by Gasteiger charge is -2.19. The quantitative estimate of drug-likeness (QED) is 0.615. The molecule has 3 nitrogen and oxygen atoms in total. The molecular weight excluding hydrogens is 281 g/mol. The summed E-state index contributed by atoms with van der Waals surface area (Å²) in [7, 11) is 0.